The van der Waals surface area contributed by atoms with Crippen LogP contribution in [0.25, 0.3) is 21.7 Å². The van der Waals surface area contributed by atoms with E-state index in [-0.39, 0.29) is 0 Å². The van der Waals surface area contributed by atoms with E-state index in [0.717, 1.165) is 50.7 Å². The van der Waals surface area contributed by atoms with Gasteiger partial charge in [0.15, 0.2) is 10.8 Å². The molecule has 0 N–H and O–H groups in total. The smallest absolute Gasteiger partial charge is 0.164 e. The number of thiazole rings is 1. The number of unbranched alkanes of at least 4 members (excludes halogenated alkanes) is 2. The number of aryl methyl sites for hydroxylation is 1. The third-order valence-electron chi connectivity index (χ3n) is 5.07. The molecule has 2 aromatic heterocycles. The van der Waals surface area contributed by atoms with Gasteiger partial charge in [-0.3, -0.25) is 0 Å². The van der Waals surface area contributed by atoms with Crippen LogP contribution < -0.4 is 4.74 Å². The molecule has 0 aliphatic heterocycles. The van der Waals surface area contributed by atoms with Crippen LogP contribution in [0.1, 0.15) is 43.0 Å². The molecule has 0 unspecified atom stereocenters. The third kappa shape index (κ3) is 4.72. The van der Waals surface area contributed by atoms with Crippen molar-refractivity contribution in [2.24, 2.45) is 0 Å². The van der Waals surface area contributed by atoms with Gasteiger partial charge in [0, 0.05) is 10.8 Å². The second-order valence-corrected chi connectivity index (χ2v) is 8.16. The molecule has 2 aromatic carbocycles. The molecule has 0 aliphatic rings. The average molecular weight is 417 g/mol. The lowest BCUT2D eigenvalue weighted by atomic mass is 10.1. The highest BCUT2D eigenvalue weighted by Gasteiger charge is 2.12. The maximum Gasteiger partial charge on any atom is 0.164 e. The van der Waals surface area contributed by atoms with Crippen LogP contribution in [0.15, 0.2) is 58.3 Å². The Morgan fingerprint density at radius 2 is 1.97 bits per heavy atom. The molecule has 2 heterocycles. The highest BCUT2D eigenvalue weighted by atomic mass is 32.1. The van der Waals surface area contributed by atoms with Gasteiger partial charge < -0.3 is 9.15 Å². The van der Waals surface area contributed by atoms with Gasteiger partial charge in [-0.2, -0.15) is 5.26 Å². The van der Waals surface area contributed by atoms with Gasteiger partial charge in [0.2, 0.25) is 0 Å². The first-order valence-corrected chi connectivity index (χ1v) is 11.2. The number of furan rings is 1. The summed E-state index contributed by atoms with van der Waals surface area (Å²) >= 11 is 1.63. The molecule has 152 valence electrons. The second kappa shape index (κ2) is 9.60. The summed E-state index contributed by atoms with van der Waals surface area (Å²) in [4.78, 5) is 4.74. The molecule has 30 heavy (non-hydrogen) atoms. The van der Waals surface area contributed by atoms with E-state index in [1.807, 2.05) is 48.5 Å². The lowest BCUT2D eigenvalue weighted by molar-refractivity contribution is 0.305. The maximum atomic E-state index is 8.99. The monoisotopic (exact) mass is 416 g/mol. The van der Waals surface area contributed by atoms with Gasteiger partial charge in [0.1, 0.15) is 17.9 Å². The Bertz CT molecular complexity index is 1170. The summed E-state index contributed by atoms with van der Waals surface area (Å²) in [5.74, 6) is 1.58. The number of hydrogen-bond acceptors (Lipinski definition) is 5. The third-order valence-corrected chi connectivity index (χ3v) is 5.97. The zero-order valence-corrected chi connectivity index (χ0v) is 17.9. The number of aromatic nitrogens is 1. The highest BCUT2D eigenvalue weighted by Crippen LogP contribution is 2.32. The number of hydrogen-bond donors (Lipinski definition) is 0. The van der Waals surface area contributed by atoms with Crippen LogP contribution in [0.5, 0.6) is 5.75 Å². The van der Waals surface area contributed by atoms with E-state index in [1.165, 1.54) is 19.3 Å². The summed E-state index contributed by atoms with van der Waals surface area (Å²) in [5, 5.41) is 13.0. The summed E-state index contributed by atoms with van der Waals surface area (Å²) in [5.41, 5.74) is 4.00. The molecule has 4 aromatic rings. The first-order chi connectivity index (χ1) is 14.8. The van der Waals surface area contributed by atoms with E-state index in [0.29, 0.717) is 13.0 Å². The van der Waals surface area contributed by atoms with Crippen molar-refractivity contribution in [3.05, 3.63) is 70.7 Å². The van der Waals surface area contributed by atoms with E-state index in [4.69, 9.17) is 19.4 Å². The second-order valence-electron chi connectivity index (χ2n) is 7.30. The maximum absolute atomic E-state index is 8.99. The van der Waals surface area contributed by atoms with Gasteiger partial charge in [-0.05, 0) is 48.2 Å². The van der Waals surface area contributed by atoms with Crippen molar-refractivity contribution in [3.8, 4) is 22.6 Å². The van der Waals surface area contributed by atoms with E-state index >= 15 is 0 Å². The quantitative estimate of drug-likeness (QED) is 0.277. The summed E-state index contributed by atoms with van der Waals surface area (Å²) in [6, 6.07) is 18.0. The lowest BCUT2D eigenvalue weighted by Gasteiger charge is -2.09. The fraction of sp³-hybridized carbons (Fsp3) is 0.280. The number of nitriles is 1. The van der Waals surface area contributed by atoms with Gasteiger partial charge in [-0.1, -0.05) is 44.0 Å². The van der Waals surface area contributed by atoms with Gasteiger partial charge in [0.05, 0.1) is 18.2 Å². The van der Waals surface area contributed by atoms with Crippen molar-refractivity contribution in [2.75, 3.05) is 0 Å². The van der Waals surface area contributed by atoms with Crippen molar-refractivity contribution in [3.63, 3.8) is 0 Å². The zero-order valence-electron chi connectivity index (χ0n) is 17.1. The molecule has 0 amide bonds. The fourth-order valence-corrected chi connectivity index (χ4v) is 4.23. The van der Waals surface area contributed by atoms with Gasteiger partial charge in [-0.25, -0.2) is 4.98 Å². The van der Waals surface area contributed by atoms with Crippen LogP contribution in [0.4, 0.5) is 0 Å². The molecular formula is C25H24N2O2S. The normalized spacial score (nSPS) is 10.9. The van der Waals surface area contributed by atoms with Crippen LogP contribution in [0.3, 0.4) is 0 Å². The standard InChI is InChI=1S/C25H24N2O2S/c1-2-3-4-9-21-17-30-25(27-21)24-15-20-14-22(10-11-23(20)29-24)28-16-19-8-6-5-7-18(19)12-13-26/h5-8,10-11,14-15,17H,2-4,9,12,16H2,1H3. The molecule has 4 rings (SSSR count). The Kier molecular flexibility index (Phi) is 6.46. The lowest BCUT2D eigenvalue weighted by Crippen LogP contribution is -1.99. The Balaban J connectivity index is 1.47. The zero-order chi connectivity index (χ0) is 20.8. The minimum Gasteiger partial charge on any atom is -0.489 e. The van der Waals surface area contributed by atoms with Crippen LogP contribution in [0.2, 0.25) is 0 Å². The van der Waals surface area contributed by atoms with Crippen molar-refractivity contribution < 1.29 is 9.15 Å². The average Bonchev–Trinajstić information content (AvgIpc) is 3.40. The molecule has 0 radical (unpaired) electrons. The molecule has 4 nitrogen and oxygen atoms in total. The highest BCUT2D eigenvalue weighted by molar-refractivity contribution is 7.13. The minimum absolute atomic E-state index is 0.387. The van der Waals surface area contributed by atoms with E-state index in [1.54, 1.807) is 11.3 Å². The molecule has 0 fully saturated rings. The Labute approximate surface area is 180 Å². The predicted molar refractivity (Wildman–Crippen MR) is 121 cm³/mol. The number of fused-ring (bicyclic) bond motifs is 1. The molecule has 0 bridgehead atoms. The summed E-state index contributed by atoms with van der Waals surface area (Å²) in [6.45, 7) is 2.64. The first-order valence-electron chi connectivity index (χ1n) is 10.3. The van der Waals surface area contributed by atoms with E-state index < -0.39 is 0 Å². The molecule has 0 spiro atoms. The van der Waals surface area contributed by atoms with Crippen molar-refractivity contribution in [2.45, 2.75) is 45.6 Å². The number of nitrogens with zero attached hydrogens (tertiary/aromatic N) is 2. The Morgan fingerprint density at radius 1 is 1.10 bits per heavy atom. The Morgan fingerprint density at radius 3 is 2.80 bits per heavy atom. The van der Waals surface area contributed by atoms with Crippen molar-refractivity contribution in [1.82, 2.24) is 4.98 Å². The van der Waals surface area contributed by atoms with Crippen LogP contribution >= 0.6 is 11.3 Å². The van der Waals surface area contributed by atoms with E-state index in [9.17, 15) is 0 Å². The molecule has 0 atom stereocenters. The SMILES string of the molecule is CCCCCc1csc(-c2cc3cc(OCc4ccccc4CC#N)ccc3o2)n1. The van der Waals surface area contributed by atoms with Crippen LogP contribution in [0, 0.1) is 11.3 Å². The van der Waals surface area contributed by atoms with Gasteiger partial charge >= 0.3 is 0 Å². The van der Waals surface area contributed by atoms with Crippen LogP contribution in [-0.4, -0.2) is 4.98 Å². The number of rotatable bonds is 9. The van der Waals surface area contributed by atoms with Gasteiger partial charge in [-0.15, -0.1) is 11.3 Å². The van der Waals surface area contributed by atoms with E-state index in [2.05, 4.69) is 18.4 Å². The van der Waals surface area contributed by atoms with Crippen LogP contribution in [-0.2, 0) is 19.4 Å². The summed E-state index contributed by atoms with van der Waals surface area (Å²) in [7, 11) is 0. The number of ether oxygens (including phenoxy) is 1. The minimum atomic E-state index is 0.387. The predicted octanol–water partition coefficient (Wildman–Crippen LogP) is 6.93. The van der Waals surface area contributed by atoms with Crippen molar-refractivity contribution in [1.29, 1.82) is 5.26 Å². The summed E-state index contributed by atoms with van der Waals surface area (Å²) < 4.78 is 12.0. The number of benzene rings is 2. The molecule has 0 saturated carbocycles. The fourth-order valence-electron chi connectivity index (χ4n) is 3.42. The molecule has 0 aliphatic carbocycles. The van der Waals surface area contributed by atoms with Crippen molar-refractivity contribution >= 4 is 22.3 Å². The summed E-state index contributed by atoms with van der Waals surface area (Å²) in [6.07, 6.45) is 5.04. The van der Waals surface area contributed by atoms with Gasteiger partial charge in [0.25, 0.3) is 0 Å². The Hall–Kier alpha value is -3.10. The molecule has 0 saturated heterocycles. The first kappa shape index (κ1) is 20.2. The molecular weight excluding hydrogens is 392 g/mol. The largest absolute Gasteiger partial charge is 0.489 e. The topological polar surface area (TPSA) is 59.0 Å². The molecule has 5 heteroatoms.